The maximum absolute atomic E-state index is 11.5. The summed E-state index contributed by atoms with van der Waals surface area (Å²) in [7, 11) is 0. The minimum Gasteiger partial charge on any atom is -0.492 e. The highest BCUT2D eigenvalue weighted by Gasteiger charge is 2.36. The van der Waals surface area contributed by atoms with Crippen LogP contribution >= 0.6 is 11.3 Å². The zero-order valence-corrected chi connectivity index (χ0v) is 14.4. The molecule has 1 atom stereocenters. The van der Waals surface area contributed by atoms with Gasteiger partial charge in [0, 0.05) is 24.3 Å². The number of nitrogens with one attached hydrogen (secondary N) is 1. The number of thiazole rings is 1. The van der Waals surface area contributed by atoms with Crippen LogP contribution in [0.5, 0.6) is 5.88 Å². The van der Waals surface area contributed by atoms with Gasteiger partial charge in [0.15, 0.2) is 6.04 Å². The Balaban J connectivity index is 1.72. The Hall–Kier alpha value is -2.45. The Morgan fingerprint density at radius 2 is 2.04 bits per heavy atom. The van der Waals surface area contributed by atoms with Gasteiger partial charge < -0.3 is 15.7 Å². The molecule has 0 spiro atoms. The summed E-state index contributed by atoms with van der Waals surface area (Å²) in [5, 5.41) is 14.8. The van der Waals surface area contributed by atoms with Crippen LogP contribution in [0.4, 0.5) is 0 Å². The Morgan fingerprint density at radius 3 is 2.68 bits per heavy atom. The number of primary amides is 1. The molecule has 1 saturated heterocycles. The lowest BCUT2D eigenvalue weighted by Crippen LogP contribution is -3.13. The van der Waals surface area contributed by atoms with Gasteiger partial charge in [-0.15, -0.1) is 0 Å². The van der Waals surface area contributed by atoms with Crippen molar-refractivity contribution in [1.82, 2.24) is 14.6 Å². The summed E-state index contributed by atoms with van der Waals surface area (Å²) >= 11 is 1.46. The molecule has 0 aliphatic carbocycles. The summed E-state index contributed by atoms with van der Waals surface area (Å²) in [5.74, 6) is -0.107. The average Bonchev–Trinajstić information content (AvgIpc) is 3.21. The van der Waals surface area contributed by atoms with Crippen LogP contribution in [0.15, 0.2) is 36.7 Å². The molecule has 0 saturated carbocycles. The van der Waals surface area contributed by atoms with Crippen LogP contribution in [0, 0.1) is 5.92 Å². The second-order valence-electron chi connectivity index (χ2n) is 6.42. The fourth-order valence-corrected chi connectivity index (χ4v) is 4.78. The number of nitrogens with two attached hydrogens (primary N) is 1. The number of hydrogen-bond acceptors (Lipinski definition) is 5. The van der Waals surface area contributed by atoms with E-state index in [1.807, 2.05) is 18.2 Å². The molecular weight excluding hydrogens is 338 g/mol. The number of nitrogens with zero attached hydrogens (tertiary/aromatic N) is 3. The number of hydrogen-bond donors (Lipinski definition) is 3. The number of aromatic hydroxyl groups is 1. The molecule has 1 aromatic carbocycles. The van der Waals surface area contributed by atoms with Gasteiger partial charge in [0.25, 0.3) is 0 Å². The van der Waals surface area contributed by atoms with E-state index in [0.717, 1.165) is 36.4 Å². The van der Waals surface area contributed by atoms with E-state index >= 15 is 0 Å². The van der Waals surface area contributed by atoms with Gasteiger partial charge in [-0.2, -0.15) is 9.61 Å². The summed E-state index contributed by atoms with van der Waals surface area (Å²) in [5.41, 5.74) is 6.60. The highest BCUT2D eigenvalue weighted by Crippen LogP contribution is 2.34. The lowest BCUT2D eigenvalue weighted by Gasteiger charge is -2.33. The van der Waals surface area contributed by atoms with Crippen molar-refractivity contribution < 1.29 is 14.8 Å². The fourth-order valence-electron chi connectivity index (χ4n) is 3.66. The molecule has 1 fully saturated rings. The molecule has 7 nitrogen and oxygen atoms in total. The van der Waals surface area contributed by atoms with Gasteiger partial charge in [-0.1, -0.05) is 41.7 Å². The zero-order valence-electron chi connectivity index (χ0n) is 13.6. The molecule has 1 amide bonds. The topological polar surface area (TPSA) is 98.0 Å². The number of amides is 1. The summed E-state index contributed by atoms with van der Waals surface area (Å²) in [6.07, 6.45) is 2.99. The highest BCUT2D eigenvalue weighted by molar-refractivity contribution is 7.17. The SMILES string of the molecule is NC(=O)C1CC[NH+]([C@H](c2ccccc2)c2sc3ncnn3c2O)CC1. The summed E-state index contributed by atoms with van der Waals surface area (Å²) in [6, 6.07) is 10.1. The van der Waals surface area contributed by atoms with Gasteiger partial charge in [-0.25, -0.2) is 4.98 Å². The minimum absolute atomic E-state index is 0.0106. The number of carbonyl (C=O) groups is 1. The van der Waals surface area contributed by atoms with Gasteiger partial charge >= 0.3 is 0 Å². The van der Waals surface area contributed by atoms with Crippen molar-refractivity contribution in [3.8, 4) is 5.88 Å². The van der Waals surface area contributed by atoms with E-state index in [-0.39, 0.29) is 23.7 Å². The average molecular weight is 358 g/mol. The molecule has 130 valence electrons. The Labute approximate surface area is 148 Å². The lowest BCUT2D eigenvalue weighted by molar-refractivity contribution is -0.930. The van der Waals surface area contributed by atoms with Crippen LogP contribution in [0.1, 0.15) is 29.3 Å². The standard InChI is InChI=1S/C17H19N5O2S/c18-15(23)12-6-8-21(9-7-12)13(11-4-2-1-3-5-11)14-16(24)22-17(25-14)19-10-20-22/h1-5,10,12-13,24H,6-9H2,(H2,18,23)/p+1/t13-/m1/s1. The summed E-state index contributed by atoms with van der Waals surface area (Å²) in [4.78, 5) is 18.5. The number of aromatic nitrogens is 3. The van der Waals surface area contributed by atoms with E-state index < -0.39 is 0 Å². The second kappa shape index (κ2) is 6.45. The monoisotopic (exact) mass is 358 g/mol. The highest BCUT2D eigenvalue weighted by atomic mass is 32.1. The smallest absolute Gasteiger partial charge is 0.235 e. The van der Waals surface area contributed by atoms with Gasteiger partial charge in [0.05, 0.1) is 13.1 Å². The first-order valence-corrected chi connectivity index (χ1v) is 9.17. The van der Waals surface area contributed by atoms with E-state index in [4.69, 9.17) is 5.73 Å². The van der Waals surface area contributed by atoms with E-state index in [1.165, 1.54) is 27.1 Å². The number of piperidine rings is 1. The number of rotatable bonds is 4. The number of likely N-dealkylation sites (tertiary alicyclic amines) is 1. The van der Waals surface area contributed by atoms with Gasteiger partial charge in [-0.05, 0) is 0 Å². The number of fused-ring (bicyclic) bond motifs is 1. The van der Waals surface area contributed by atoms with Crippen molar-refractivity contribution in [1.29, 1.82) is 0 Å². The van der Waals surface area contributed by atoms with Crippen molar-refractivity contribution in [3.63, 3.8) is 0 Å². The van der Waals surface area contributed by atoms with Crippen LogP contribution in [0.2, 0.25) is 0 Å². The molecule has 4 rings (SSSR count). The van der Waals surface area contributed by atoms with Gasteiger partial charge in [0.1, 0.15) is 11.2 Å². The maximum atomic E-state index is 11.5. The number of benzene rings is 1. The van der Waals surface area contributed by atoms with E-state index in [2.05, 4.69) is 22.2 Å². The molecule has 3 heterocycles. The molecule has 0 unspecified atom stereocenters. The van der Waals surface area contributed by atoms with E-state index in [1.54, 1.807) is 0 Å². The third kappa shape index (κ3) is 2.87. The van der Waals surface area contributed by atoms with Gasteiger partial charge in [-0.3, -0.25) is 4.79 Å². The van der Waals surface area contributed by atoms with Crippen LogP contribution in [0.3, 0.4) is 0 Å². The predicted molar refractivity (Wildman–Crippen MR) is 93.4 cm³/mol. The van der Waals surface area contributed by atoms with Crippen LogP contribution in [-0.2, 0) is 4.79 Å². The number of carbonyl (C=O) groups excluding carboxylic acids is 1. The van der Waals surface area contributed by atoms with E-state index in [9.17, 15) is 9.90 Å². The van der Waals surface area contributed by atoms with Crippen molar-refractivity contribution in [3.05, 3.63) is 47.1 Å². The van der Waals surface area contributed by atoms with Crippen molar-refractivity contribution in [2.24, 2.45) is 11.7 Å². The second-order valence-corrected chi connectivity index (χ2v) is 7.43. The van der Waals surface area contributed by atoms with E-state index in [0.29, 0.717) is 4.96 Å². The fraction of sp³-hybridized carbons (Fsp3) is 0.353. The van der Waals surface area contributed by atoms with Crippen molar-refractivity contribution in [2.75, 3.05) is 13.1 Å². The van der Waals surface area contributed by atoms with Crippen molar-refractivity contribution in [2.45, 2.75) is 18.9 Å². The molecule has 1 aliphatic rings. The first-order chi connectivity index (χ1) is 12.1. The zero-order chi connectivity index (χ0) is 17.4. The molecular formula is C17H20N5O2S+. The van der Waals surface area contributed by atoms with Gasteiger partial charge in [0.2, 0.25) is 16.7 Å². The lowest BCUT2D eigenvalue weighted by atomic mass is 9.93. The summed E-state index contributed by atoms with van der Waals surface area (Å²) < 4.78 is 1.48. The largest absolute Gasteiger partial charge is 0.492 e. The molecule has 1 aliphatic heterocycles. The third-order valence-corrected chi connectivity index (χ3v) is 6.07. The van der Waals surface area contributed by atoms with Crippen molar-refractivity contribution >= 4 is 22.2 Å². The predicted octanol–water partition coefficient (Wildman–Crippen LogP) is 0.366. The minimum atomic E-state index is -0.211. The third-order valence-electron chi connectivity index (χ3n) is 4.97. The molecule has 8 heteroatoms. The maximum Gasteiger partial charge on any atom is 0.235 e. The Morgan fingerprint density at radius 1 is 1.32 bits per heavy atom. The van der Waals surface area contributed by atoms with Crippen LogP contribution in [0.25, 0.3) is 4.96 Å². The van der Waals surface area contributed by atoms with Crippen LogP contribution in [-0.4, -0.2) is 38.7 Å². The molecule has 25 heavy (non-hydrogen) atoms. The molecule has 4 N–H and O–H groups in total. The molecule has 2 aromatic heterocycles. The Kier molecular flexibility index (Phi) is 4.14. The normalized spacial score (nSPS) is 22.1. The first kappa shape index (κ1) is 16.0. The Bertz CT molecular complexity index is 883. The number of quaternary nitrogens is 1. The summed E-state index contributed by atoms with van der Waals surface area (Å²) in [6.45, 7) is 1.67. The molecule has 0 radical (unpaired) electrons. The molecule has 0 bridgehead atoms. The first-order valence-electron chi connectivity index (χ1n) is 8.35. The van der Waals surface area contributed by atoms with Crippen LogP contribution < -0.4 is 10.6 Å². The molecule has 3 aromatic rings. The quantitative estimate of drug-likeness (QED) is 0.627.